The largest absolute Gasteiger partial charge is 0.492 e. The van der Waals surface area contributed by atoms with Gasteiger partial charge in [0.25, 0.3) is 0 Å². The van der Waals surface area contributed by atoms with E-state index in [0.717, 1.165) is 36.0 Å². The molecule has 0 saturated heterocycles. The van der Waals surface area contributed by atoms with Gasteiger partial charge >= 0.3 is 0 Å². The molecule has 0 heterocycles. The van der Waals surface area contributed by atoms with Crippen molar-refractivity contribution < 1.29 is 4.74 Å². The molecule has 0 aliphatic heterocycles. The average molecular weight is 254 g/mol. The summed E-state index contributed by atoms with van der Waals surface area (Å²) in [5.41, 5.74) is 0.687. The lowest BCUT2D eigenvalue weighted by Crippen LogP contribution is -2.21. The van der Waals surface area contributed by atoms with Gasteiger partial charge in [0.1, 0.15) is 12.4 Å². The van der Waals surface area contributed by atoms with E-state index in [1.807, 2.05) is 36.4 Å². The summed E-state index contributed by atoms with van der Waals surface area (Å²) in [6, 6.07) is 13.8. The van der Waals surface area contributed by atoms with Crippen LogP contribution < -0.4 is 10.1 Å². The van der Waals surface area contributed by atoms with E-state index in [0.29, 0.717) is 12.2 Å². The van der Waals surface area contributed by atoms with Gasteiger partial charge < -0.3 is 10.1 Å². The molecule has 0 spiro atoms. The topological polar surface area (TPSA) is 45.0 Å². The molecule has 0 aromatic heterocycles. The molecule has 19 heavy (non-hydrogen) atoms. The van der Waals surface area contributed by atoms with Crippen molar-refractivity contribution in [3.05, 3.63) is 42.0 Å². The van der Waals surface area contributed by atoms with Gasteiger partial charge in [-0.3, -0.25) is 0 Å². The van der Waals surface area contributed by atoms with Crippen LogP contribution in [0.25, 0.3) is 10.8 Å². The lowest BCUT2D eigenvalue weighted by Gasteiger charge is -2.10. The Balaban J connectivity index is 2.14. The second kappa shape index (κ2) is 6.77. The fourth-order valence-corrected chi connectivity index (χ4v) is 2.03. The zero-order valence-corrected chi connectivity index (χ0v) is 11.1. The van der Waals surface area contributed by atoms with Crippen molar-refractivity contribution in [3.8, 4) is 11.8 Å². The highest BCUT2D eigenvalue weighted by molar-refractivity contribution is 5.92. The van der Waals surface area contributed by atoms with Crippen LogP contribution in [0.3, 0.4) is 0 Å². The summed E-state index contributed by atoms with van der Waals surface area (Å²) in [7, 11) is 0. The van der Waals surface area contributed by atoms with Gasteiger partial charge in [0.2, 0.25) is 0 Å². The highest BCUT2D eigenvalue weighted by Gasteiger charge is 2.05. The lowest BCUT2D eigenvalue weighted by molar-refractivity contribution is 0.318. The van der Waals surface area contributed by atoms with Gasteiger partial charge in [0.05, 0.1) is 11.6 Å². The van der Waals surface area contributed by atoms with Gasteiger partial charge in [-0.1, -0.05) is 31.2 Å². The Hall–Kier alpha value is -2.05. The molecule has 0 radical (unpaired) electrons. The zero-order chi connectivity index (χ0) is 13.5. The third kappa shape index (κ3) is 3.24. The average Bonchev–Trinajstić information content (AvgIpc) is 2.47. The molecule has 98 valence electrons. The molecule has 3 nitrogen and oxygen atoms in total. The summed E-state index contributed by atoms with van der Waals surface area (Å²) in [6.45, 7) is 4.62. The number of fused-ring (bicyclic) bond motifs is 1. The van der Waals surface area contributed by atoms with Gasteiger partial charge in [-0.05, 0) is 25.1 Å². The predicted molar refractivity (Wildman–Crippen MR) is 77.3 cm³/mol. The van der Waals surface area contributed by atoms with Crippen LogP contribution in [0.2, 0.25) is 0 Å². The number of benzene rings is 2. The first-order chi connectivity index (χ1) is 9.36. The third-order valence-electron chi connectivity index (χ3n) is 2.97. The van der Waals surface area contributed by atoms with E-state index in [4.69, 9.17) is 10.00 Å². The number of rotatable bonds is 6. The van der Waals surface area contributed by atoms with Crippen LogP contribution in [-0.2, 0) is 0 Å². The SMILES string of the molecule is CCCNCCOc1ccc(C#N)c2ccccc12. The summed E-state index contributed by atoms with van der Waals surface area (Å²) in [5.74, 6) is 0.841. The number of nitriles is 1. The normalized spacial score (nSPS) is 10.3. The summed E-state index contributed by atoms with van der Waals surface area (Å²) in [5, 5.41) is 14.3. The number of hydrogen-bond donors (Lipinski definition) is 1. The van der Waals surface area contributed by atoms with Crippen LogP contribution in [0.5, 0.6) is 5.75 Å². The van der Waals surface area contributed by atoms with Gasteiger partial charge in [0, 0.05) is 17.3 Å². The fourth-order valence-electron chi connectivity index (χ4n) is 2.03. The smallest absolute Gasteiger partial charge is 0.127 e. The maximum Gasteiger partial charge on any atom is 0.127 e. The summed E-state index contributed by atoms with van der Waals surface area (Å²) < 4.78 is 5.79. The van der Waals surface area contributed by atoms with E-state index in [2.05, 4.69) is 18.3 Å². The molecule has 0 saturated carbocycles. The molecule has 3 heteroatoms. The van der Waals surface area contributed by atoms with Gasteiger partial charge in [-0.25, -0.2) is 0 Å². The standard InChI is InChI=1S/C16H18N2O/c1-2-9-18-10-11-19-16-8-7-13(12-17)14-5-3-4-6-15(14)16/h3-8,18H,2,9-11H2,1H3. The number of hydrogen-bond acceptors (Lipinski definition) is 3. The highest BCUT2D eigenvalue weighted by atomic mass is 16.5. The molecular weight excluding hydrogens is 236 g/mol. The Bertz CT molecular complexity index is 587. The van der Waals surface area contributed by atoms with Crippen molar-refractivity contribution in [3.63, 3.8) is 0 Å². The van der Waals surface area contributed by atoms with Crippen molar-refractivity contribution in [2.24, 2.45) is 0 Å². The minimum Gasteiger partial charge on any atom is -0.492 e. The zero-order valence-electron chi connectivity index (χ0n) is 11.1. The van der Waals surface area contributed by atoms with Crippen molar-refractivity contribution in [1.82, 2.24) is 5.32 Å². The fraction of sp³-hybridized carbons (Fsp3) is 0.312. The van der Waals surface area contributed by atoms with E-state index in [9.17, 15) is 0 Å². The number of nitrogens with one attached hydrogen (secondary N) is 1. The van der Waals surface area contributed by atoms with E-state index in [-0.39, 0.29) is 0 Å². The van der Waals surface area contributed by atoms with Crippen molar-refractivity contribution in [1.29, 1.82) is 5.26 Å². The van der Waals surface area contributed by atoms with Gasteiger partial charge in [-0.15, -0.1) is 0 Å². The first-order valence-electron chi connectivity index (χ1n) is 6.62. The minimum atomic E-state index is 0.635. The van der Waals surface area contributed by atoms with Crippen molar-refractivity contribution in [2.75, 3.05) is 19.7 Å². The van der Waals surface area contributed by atoms with Crippen LogP contribution in [0.1, 0.15) is 18.9 Å². The highest BCUT2D eigenvalue weighted by Crippen LogP contribution is 2.28. The Kier molecular flexibility index (Phi) is 4.77. The molecule has 0 aliphatic rings. The molecule has 0 atom stereocenters. The summed E-state index contributed by atoms with van der Waals surface area (Å²) in [6.07, 6.45) is 1.12. The molecule has 2 aromatic rings. The van der Waals surface area contributed by atoms with Crippen LogP contribution in [0.4, 0.5) is 0 Å². The minimum absolute atomic E-state index is 0.635. The molecule has 0 aliphatic carbocycles. The second-order valence-corrected chi connectivity index (χ2v) is 4.37. The van der Waals surface area contributed by atoms with E-state index in [1.165, 1.54) is 0 Å². The molecule has 2 rings (SSSR count). The first kappa shape index (κ1) is 13.4. The number of ether oxygens (including phenoxy) is 1. The third-order valence-corrected chi connectivity index (χ3v) is 2.97. The molecule has 0 unspecified atom stereocenters. The lowest BCUT2D eigenvalue weighted by atomic mass is 10.0. The van der Waals surface area contributed by atoms with Crippen LogP contribution in [0.15, 0.2) is 36.4 Å². The molecule has 0 fully saturated rings. The summed E-state index contributed by atoms with van der Waals surface area (Å²) in [4.78, 5) is 0. The maximum absolute atomic E-state index is 9.10. The molecular formula is C16H18N2O. The molecule has 0 amide bonds. The van der Waals surface area contributed by atoms with Gasteiger partial charge in [-0.2, -0.15) is 5.26 Å². The van der Waals surface area contributed by atoms with Crippen molar-refractivity contribution >= 4 is 10.8 Å². The molecule has 2 aromatic carbocycles. The molecule has 1 N–H and O–H groups in total. The Morgan fingerprint density at radius 1 is 1.11 bits per heavy atom. The van der Waals surface area contributed by atoms with E-state index < -0.39 is 0 Å². The maximum atomic E-state index is 9.10. The van der Waals surface area contributed by atoms with Crippen molar-refractivity contribution in [2.45, 2.75) is 13.3 Å². The van der Waals surface area contributed by atoms with Crippen LogP contribution in [0, 0.1) is 11.3 Å². The molecule has 0 bridgehead atoms. The quantitative estimate of drug-likeness (QED) is 0.806. The predicted octanol–water partition coefficient (Wildman–Crippen LogP) is 3.09. The first-order valence-corrected chi connectivity index (χ1v) is 6.62. The van der Waals surface area contributed by atoms with E-state index in [1.54, 1.807) is 0 Å². The van der Waals surface area contributed by atoms with Crippen LogP contribution >= 0.6 is 0 Å². The monoisotopic (exact) mass is 254 g/mol. The second-order valence-electron chi connectivity index (χ2n) is 4.37. The van der Waals surface area contributed by atoms with Gasteiger partial charge in [0.15, 0.2) is 0 Å². The Morgan fingerprint density at radius 3 is 2.63 bits per heavy atom. The van der Waals surface area contributed by atoms with Crippen LogP contribution in [-0.4, -0.2) is 19.7 Å². The van der Waals surface area contributed by atoms with E-state index >= 15 is 0 Å². The number of nitrogens with zero attached hydrogens (tertiary/aromatic N) is 1. The Morgan fingerprint density at radius 2 is 1.89 bits per heavy atom. The summed E-state index contributed by atoms with van der Waals surface area (Å²) >= 11 is 0. The Labute approximate surface area is 113 Å².